The van der Waals surface area contributed by atoms with Crippen molar-refractivity contribution < 1.29 is 0 Å². The van der Waals surface area contributed by atoms with Crippen LogP contribution in [0.15, 0.2) is 42.5 Å². The molecule has 0 bridgehead atoms. The van der Waals surface area contributed by atoms with E-state index in [-0.39, 0.29) is 6.04 Å². The van der Waals surface area contributed by atoms with Crippen molar-refractivity contribution in [2.24, 2.45) is 5.73 Å². The van der Waals surface area contributed by atoms with Crippen molar-refractivity contribution in [3.63, 3.8) is 0 Å². The van der Waals surface area contributed by atoms with Gasteiger partial charge in [0.05, 0.1) is 0 Å². The van der Waals surface area contributed by atoms with Crippen LogP contribution in [0.1, 0.15) is 40.8 Å². The predicted octanol–water partition coefficient (Wildman–Crippen LogP) is 4.11. The van der Waals surface area contributed by atoms with Crippen molar-refractivity contribution in [1.29, 1.82) is 0 Å². The van der Waals surface area contributed by atoms with E-state index in [1.807, 2.05) is 0 Å². The molecule has 0 heterocycles. The van der Waals surface area contributed by atoms with Crippen LogP contribution in [0.2, 0.25) is 0 Å². The molecule has 1 atom stereocenters. The van der Waals surface area contributed by atoms with E-state index >= 15 is 0 Å². The highest BCUT2D eigenvalue weighted by Gasteiger charge is 2.10. The molecule has 1 heteroatoms. The quantitative estimate of drug-likeness (QED) is 0.872. The highest BCUT2D eigenvalue weighted by atomic mass is 14.6. The summed E-state index contributed by atoms with van der Waals surface area (Å²) in [6, 6.07) is 15.4. The highest BCUT2D eigenvalue weighted by molar-refractivity contribution is 5.34. The standard InChI is InChI=1S/C18H23N/c1-4-15-7-9-16(10-8-15)12-18(19)17-11-13(2)5-6-14(17)3/h5-11,18H,4,12,19H2,1-3H3. The van der Waals surface area contributed by atoms with E-state index < -0.39 is 0 Å². The molecule has 19 heavy (non-hydrogen) atoms. The van der Waals surface area contributed by atoms with Gasteiger partial charge in [-0.1, -0.05) is 55.0 Å². The van der Waals surface area contributed by atoms with Crippen LogP contribution in [0.4, 0.5) is 0 Å². The van der Waals surface area contributed by atoms with Crippen LogP contribution >= 0.6 is 0 Å². The Hall–Kier alpha value is -1.60. The molecule has 100 valence electrons. The van der Waals surface area contributed by atoms with E-state index in [0.717, 1.165) is 12.8 Å². The molecule has 0 fully saturated rings. The fraction of sp³-hybridized carbons (Fsp3) is 0.333. The first-order valence-corrected chi connectivity index (χ1v) is 7.00. The number of benzene rings is 2. The van der Waals surface area contributed by atoms with Gasteiger partial charge in [0.25, 0.3) is 0 Å². The second kappa shape index (κ2) is 6.03. The van der Waals surface area contributed by atoms with Gasteiger partial charge in [0.2, 0.25) is 0 Å². The van der Waals surface area contributed by atoms with Crippen molar-refractivity contribution in [3.8, 4) is 0 Å². The van der Waals surface area contributed by atoms with E-state index in [1.165, 1.54) is 27.8 Å². The Labute approximate surface area is 116 Å². The lowest BCUT2D eigenvalue weighted by Crippen LogP contribution is -2.14. The predicted molar refractivity (Wildman–Crippen MR) is 82.4 cm³/mol. The number of nitrogens with two attached hydrogens (primary N) is 1. The summed E-state index contributed by atoms with van der Waals surface area (Å²) in [7, 11) is 0. The molecule has 2 aromatic carbocycles. The van der Waals surface area contributed by atoms with Crippen LogP contribution in [-0.4, -0.2) is 0 Å². The van der Waals surface area contributed by atoms with Crippen LogP contribution in [0.25, 0.3) is 0 Å². The van der Waals surface area contributed by atoms with Crippen LogP contribution in [0.5, 0.6) is 0 Å². The molecule has 0 aromatic heterocycles. The molecular formula is C18H23N. The SMILES string of the molecule is CCc1ccc(CC(N)c2cc(C)ccc2C)cc1. The zero-order valence-electron chi connectivity index (χ0n) is 12.1. The topological polar surface area (TPSA) is 26.0 Å². The summed E-state index contributed by atoms with van der Waals surface area (Å²) in [5.74, 6) is 0. The van der Waals surface area contributed by atoms with Crippen molar-refractivity contribution in [2.75, 3.05) is 0 Å². The summed E-state index contributed by atoms with van der Waals surface area (Å²) >= 11 is 0. The third-order valence-corrected chi connectivity index (χ3v) is 3.72. The lowest BCUT2D eigenvalue weighted by Gasteiger charge is -2.16. The van der Waals surface area contributed by atoms with Crippen molar-refractivity contribution >= 4 is 0 Å². The van der Waals surface area contributed by atoms with Gasteiger partial charge in [-0.25, -0.2) is 0 Å². The van der Waals surface area contributed by atoms with E-state index in [9.17, 15) is 0 Å². The molecule has 2 rings (SSSR count). The summed E-state index contributed by atoms with van der Waals surface area (Å²) in [6.07, 6.45) is 1.98. The Morgan fingerprint density at radius 2 is 1.58 bits per heavy atom. The average molecular weight is 253 g/mol. The third kappa shape index (κ3) is 3.45. The van der Waals surface area contributed by atoms with Crippen molar-refractivity contribution in [2.45, 2.75) is 39.7 Å². The minimum atomic E-state index is 0.0763. The number of hydrogen-bond donors (Lipinski definition) is 1. The van der Waals surface area contributed by atoms with E-state index in [2.05, 4.69) is 63.2 Å². The number of hydrogen-bond acceptors (Lipinski definition) is 1. The molecule has 0 amide bonds. The van der Waals surface area contributed by atoms with Gasteiger partial charge < -0.3 is 5.73 Å². The monoisotopic (exact) mass is 253 g/mol. The minimum Gasteiger partial charge on any atom is -0.324 e. The van der Waals surface area contributed by atoms with Gasteiger partial charge in [-0.3, -0.25) is 0 Å². The van der Waals surface area contributed by atoms with Crippen LogP contribution in [0.3, 0.4) is 0 Å². The van der Waals surface area contributed by atoms with Crippen molar-refractivity contribution in [3.05, 3.63) is 70.3 Å². The van der Waals surface area contributed by atoms with Crippen LogP contribution in [0, 0.1) is 13.8 Å². The van der Waals surface area contributed by atoms with Gasteiger partial charge in [0.1, 0.15) is 0 Å². The molecule has 2 aromatic rings. The second-order valence-corrected chi connectivity index (χ2v) is 5.34. The Morgan fingerprint density at radius 1 is 0.947 bits per heavy atom. The molecule has 1 nitrogen and oxygen atoms in total. The first-order chi connectivity index (χ1) is 9.10. The lowest BCUT2D eigenvalue weighted by atomic mass is 9.94. The molecule has 0 aliphatic rings. The largest absolute Gasteiger partial charge is 0.324 e. The zero-order chi connectivity index (χ0) is 13.8. The fourth-order valence-electron chi connectivity index (χ4n) is 2.43. The molecule has 0 spiro atoms. The van der Waals surface area contributed by atoms with Crippen molar-refractivity contribution in [1.82, 2.24) is 0 Å². The molecule has 0 radical (unpaired) electrons. The molecule has 1 unspecified atom stereocenters. The van der Waals surface area contributed by atoms with Gasteiger partial charge in [0, 0.05) is 6.04 Å². The fourth-order valence-corrected chi connectivity index (χ4v) is 2.43. The van der Waals surface area contributed by atoms with Crippen LogP contribution in [-0.2, 0) is 12.8 Å². The Balaban J connectivity index is 2.15. The highest BCUT2D eigenvalue weighted by Crippen LogP contribution is 2.21. The maximum absolute atomic E-state index is 6.37. The van der Waals surface area contributed by atoms with Gasteiger partial charge in [-0.2, -0.15) is 0 Å². The second-order valence-electron chi connectivity index (χ2n) is 5.34. The summed E-state index contributed by atoms with van der Waals surface area (Å²) in [5, 5.41) is 0. The van der Waals surface area contributed by atoms with Gasteiger partial charge in [-0.15, -0.1) is 0 Å². The zero-order valence-corrected chi connectivity index (χ0v) is 12.1. The molecular weight excluding hydrogens is 230 g/mol. The summed E-state index contributed by atoms with van der Waals surface area (Å²) < 4.78 is 0. The van der Waals surface area contributed by atoms with Gasteiger partial charge in [-0.05, 0) is 48.9 Å². The van der Waals surface area contributed by atoms with Gasteiger partial charge >= 0.3 is 0 Å². The van der Waals surface area contributed by atoms with E-state index in [0.29, 0.717) is 0 Å². The maximum atomic E-state index is 6.37. The smallest absolute Gasteiger partial charge is 0.0338 e. The Kier molecular flexibility index (Phi) is 4.39. The average Bonchev–Trinajstić information content (AvgIpc) is 2.42. The summed E-state index contributed by atoms with van der Waals surface area (Å²) in [6.45, 7) is 6.43. The molecule has 0 saturated heterocycles. The Morgan fingerprint density at radius 3 is 2.21 bits per heavy atom. The molecule has 0 aliphatic carbocycles. The Bertz CT molecular complexity index is 540. The normalized spacial score (nSPS) is 12.4. The first kappa shape index (κ1) is 13.8. The molecule has 2 N–H and O–H groups in total. The third-order valence-electron chi connectivity index (χ3n) is 3.72. The number of aryl methyl sites for hydroxylation is 3. The van der Waals surface area contributed by atoms with Gasteiger partial charge in [0.15, 0.2) is 0 Å². The number of rotatable bonds is 4. The first-order valence-electron chi connectivity index (χ1n) is 7.00. The lowest BCUT2D eigenvalue weighted by molar-refractivity contribution is 0.715. The molecule has 0 aliphatic heterocycles. The minimum absolute atomic E-state index is 0.0763. The van der Waals surface area contributed by atoms with Crippen LogP contribution < -0.4 is 5.73 Å². The van der Waals surface area contributed by atoms with E-state index in [1.54, 1.807) is 0 Å². The summed E-state index contributed by atoms with van der Waals surface area (Å²) in [5.41, 5.74) is 12.9. The maximum Gasteiger partial charge on any atom is 0.0338 e. The molecule has 0 saturated carbocycles. The van der Waals surface area contributed by atoms with E-state index in [4.69, 9.17) is 5.73 Å². The summed E-state index contributed by atoms with van der Waals surface area (Å²) in [4.78, 5) is 0.